The number of hydrogen-bond donors (Lipinski definition) is 2. The van der Waals surface area contributed by atoms with Crippen LogP contribution < -0.4 is 11.1 Å². The Bertz CT molecular complexity index is 233. The van der Waals surface area contributed by atoms with Crippen molar-refractivity contribution in [3.05, 3.63) is 0 Å². The van der Waals surface area contributed by atoms with Crippen molar-refractivity contribution in [2.75, 3.05) is 53.1 Å². The summed E-state index contributed by atoms with van der Waals surface area (Å²) < 4.78 is 10.2. The molecule has 18 heavy (non-hydrogen) atoms. The van der Waals surface area contributed by atoms with E-state index in [0.29, 0.717) is 19.6 Å². The van der Waals surface area contributed by atoms with Crippen LogP contribution in [0.4, 0.5) is 0 Å². The first kappa shape index (κ1) is 15.4. The van der Waals surface area contributed by atoms with E-state index in [4.69, 9.17) is 15.2 Å². The fourth-order valence-electron chi connectivity index (χ4n) is 1.85. The highest BCUT2D eigenvalue weighted by atomic mass is 16.5. The molecule has 1 aliphatic heterocycles. The Hall–Kier alpha value is -0.690. The molecule has 0 radical (unpaired) electrons. The van der Waals surface area contributed by atoms with E-state index in [2.05, 4.69) is 10.2 Å². The zero-order chi connectivity index (χ0) is 13.2. The number of ether oxygens (including phenoxy) is 2. The molecule has 1 heterocycles. The van der Waals surface area contributed by atoms with E-state index in [9.17, 15) is 4.79 Å². The van der Waals surface area contributed by atoms with Gasteiger partial charge in [-0.1, -0.05) is 0 Å². The third-order valence-electron chi connectivity index (χ3n) is 3.02. The Morgan fingerprint density at radius 1 is 1.50 bits per heavy atom. The number of methoxy groups -OCH3 is 1. The molecule has 0 aromatic carbocycles. The van der Waals surface area contributed by atoms with Gasteiger partial charge in [0.1, 0.15) is 0 Å². The van der Waals surface area contributed by atoms with Crippen LogP contribution in [0.15, 0.2) is 0 Å². The SMILES string of the molecule is COCCC(N)C(=O)NCCCN1CCOCC1. The van der Waals surface area contributed by atoms with Gasteiger partial charge in [0.25, 0.3) is 0 Å². The first-order chi connectivity index (χ1) is 8.74. The molecule has 1 saturated heterocycles. The molecule has 106 valence electrons. The summed E-state index contributed by atoms with van der Waals surface area (Å²) in [7, 11) is 1.60. The van der Waals surface area contributed by atoms with Crippen molar-refractivity contribution in [1.29, 1.82) is 0 Å². The summed E-state index contributed by atoms with van der Waals surface area (Å²) in [6, 6.07) is -0.465. The molecule has 1 atom stereocenters. The minimum Gasteiger partial charge on any atom is -0.385 e. The maximum absolute atomic E-state index is 11.6. The Balaban J connectivity index is 2.00. The van der Waals surface area contributed by atoms with Crippen LogP contribution in [0.1, 0.15) is 12.8 Å². The quantitative estimate of drug-likeness (QED) is 0.558. The third kappa shape index (κ3) is 6.30. The molecule has 1 rings (SSSR count). The first-order valence-corrected chi connectivity index (χ1v) is 6.56. The summed E-state index contributed by atoms with van der Waals surface area (Å²) in [4.78, 5) is 13.9. The van der Waals surface area contributed by atoms with E-state index < -0.39 is 6.04 Å². The maximum atomic E-state index is 11.6. The smallest absolute Gasteiger partial charge is 0.237 e. The fraction of sp³-hybridized carbons (Fsp3) is 0.917. The lowest BCUT2D eigenvalue weighted by Crippen LogP contribution is -2.42. The van der Waals surface area contributed by atoms with Crippen LogP contribution in [-0.2, 0) is 14.3 Å². The number of carbonyl (C=O) groups is 1. The van der Waals surface area contributed by atoms with Crippen molar-refractivity contribution in [3.8, 4) is 0 Å². The van der Waals surface area contributed by atoms with Gasteiger partial charge < -0.3 is 20.5 Å². The van der Waals surface area contributed by atoms with Gasteiger partial charge in [-0.25, -0.2) is 0 Å². The average Bonchev–Trinajstić information content (AvgIpc) is 2.41. The normalized spacial score (nSPS) is 18.6. The standard InChI is InChI=1S/C12H25N3O3/c1-17-8-3-11(13)12(16)14-4-2-5-15-6-9-18-10-7-15/h11H,2-10,13H2,1H3,(H,14,16). The van der Waals surface area contributed by atoms with E-state index >= 15 is 0 Å². The van der Waals surface area contributed by atoms with Crippen molar-refractivity contribution in [3.63, 3.8) is 0 Å². The van der Waals surface area contributed by atoms with Crippen LogP contribution in [0.3, 0.4) is 0 Å². The first-order valence-electron chi connectivity index (χ1n) is 6.56. The zero-order valence-corrected chi connectivity index (χ0v) is 11.2. The number of morpholine rings is 1. The summed E-state index contributed by atoms with van der Waals surface area (Å²) in [5, 5.41) is 2.85. The molecule has 6 heteroatoms. The molecule has 1 aliphatic rings. The van der Waals surface area contributed by atoms with Gasteiger partial charge in [-0.3, -0.25) is 9.69 Å². The fourth-order valence-corrected chi connectivity index (χ4v) is 1.85. The van der Waals surface area contributed by atoms with Crippen LogP contribution in [-0.4, -0.2) is 70.0 Å². The molecule has 1 amide bonds. The van der Waals surface area contributed by atoms with Crippen molar-refractivity contribution >= 4 is 5.91 Å². The van der Waals surface area contributed by atoms with E-state index in [1.165, 1.54) is 0 Å². The molecule has 0 aromatic heterocycles. The van der Waals surface area contributed by atoms with Gasteiger partial charge in [-0.15, -0.1) is 0 Å². The molecular weight excluding hydrogens is 234 g/mol. The minimum absolute atomic E-state index is 0.0889. The monoisotopic (exact) mass is 259 g/mol. The summed E-state index contributed by atoms with van der Waals surface area (Å²) in [6.07, 6.45) is 1.51. The second-order valence-corrected chi connectivity index (χ2v) is 4.49. The highest BCUT2D eigenvalue weighted by Crippen LogP contribution is 1.97. The van der Waals surface area contributed by atoms with Crippen LogP contribution in [0.25, 0.3) is 0 Å². The number of rotatable bonds is 8. The minimum atomic E-state index is -0.465. The lowest BCUT2D eigenvalue weighted by Gasteiger charge is -2.26. The Morgan fingerprint density at radius 2 is 2.22 bits per heavy atom. The number of nitrogens with zero attached hydrogens (tertiary/aromatic N) is 1. The van der Waals surface area contributed by atoms with Gasteiger partial charge >= 0.3 is 0 Å². The number of carbonyl (C=O) groups excluding carboxylic acids is 1. The highest BCUT2D eigenvalue weighted by molar-refractivity contribution is 5.81. The van der Waals surface area contributed by atoms with E-state index in [-0.39, 0.29) is 5.91 Å². The van der Waals surface area contributed by atoms with Gasteiger partial charge in [0, 0.05) is 33.4 Å². The van der Waals surface area contributed by atoms with Gasteiger partial charge in [-0.2, -0.15) is 0 Å². The largest absolute Gasteiger partial charge is 0.385 e. The molecule has 0 spiro atoms. The molecule has 0 bridgehead atoms. The summed E-state index contributed by atoms with van der Waals surface area (Å²) in [6.45, 7) is 5.79. The molecule has 0 saturated carbocycles. The summed E-state index contributed by atoms with van der Waals surface area (Å²) >= 11 is 0. The molecule has 1 fully saturated rings. The van der Waals surface area contributed by atoms with Crippen LogP contribution in [0.5, 0.6) is 0 Å². The topological polar surface area (TPSA) is 76.8 Å². The van der Waals surface area contributed by atoms with E-state index in [0.717, 1.165) is 39.3 Å². The Labute approximate surface area is 109 Å². The van der Waals surface area contributed by atoms with Crippen molar-refractivity contribution in [1.82, 2.24) is 10.2 Å². The molecule has 0 aromatic rings. The highest BCUT2D eigenvalue weighted by Gasteiger charge is 2.13. The predicted octanol–water partition coefficient (Wildman–Crippen LogP) is -0.811. The van der Waals surface area contributed by atoms with Crippen molar-refractivity contribution in [2.45, 2.75) is 18.9 Å². The lowest BCUT2D eigenvalue weighted by molar-refractivity contribution is -0.122. The maximum Gasteiger partial charge on any atom is 0.237 e. The molecular formula is C12H25N3O3. The van der Waals surface area contributed by atoms with Gasteiger partial charge in [0.15, 0.2) is 0 Å². The average molecular weight is 259 g/mol. The van der Waals surface area contributed by atoms with Gasteiger partial charge in [0.05, 0.1) is 19.3 Å². The number of hydrogen-bond acceptors (Lipinski definition) is 5. The second-order valence-electron chi connectivity index (χ2n) is 4.49. The van der Waals surface area contributed by atoms with Crippen molar-refractivity contribution in [2.24, 2.45) is 5.73 Å². The van der Waals surface area contributed by atoms with Gasteiger partial charge in [-0.05, 0) is 19.4 Å². The molecule has 1 unspecified atom stereocenters. The number of nitrogens with one attached hydrogen (secondary N) is 1. The molecule has 3 N–H and O–H groups in total. The Kier molecular flexibility index (Phi) is 7.91. The van der Waals surface area contributed by atoms with Gasteiger partial charge in [0.2, 0.25) is 5.91 Å². The Morgan fingerprint density at radius 3 is 2.89 bits per heavy atom. The van der Waals surface area contributed by atoms with E-state index in [1.807, 2.05) is 0 Å². The number of amides is 1. The van der Waals surface area contributed by atoms with E-state index in [1.54, 1.807) is 7.11 Å². The summed E-state index contributed by atoms with van der Waals surface area (Å²) in [5.41, 5.74) is 5.71. The van der Waals surface area contributed by atoms with Crippen molar-refractivity contribution < 1.29 is 14.3 Å². The van der Waals surface area contributed by atoms with Crippen LogP contribution in [0, 0.1) is 0 Å². The molecule has 0 aliphatic carbocycles. The summed E-state index contributed by atoms with van der Waals surface area (Å²) in [5.74, 6) is -0.0889. The van der Waals surface area contributed by atoms with Crippen LogP contribution in [0.2, 0.25) is 0 Å². The predicted molar refractivity (Wildman–Crippen MR) is 69.4 cm³/mol. The van der Waals surface area contributed by atoms with Crippen LogP contribution >= 0.6 is 0 Å². The number of nitrogens with two attached hydrogens (primary N) is 1. The third-order valence-corrected chi connectivity index (χ3v) is 3.02. The lowest BCUT2D eigenvalue weighted by atomic mass is 10.2. The zero-order valence-electron chi connectivity index (χ0n) is 11.2. The second kappa shape index (κ2) is 9.27. The molecule has 6 nitrogen and oxygen atoms in total.